The average molecular weight is 462 g/mol. The molecule has 0 aromatic heterocycles. The number of likely N-dealkylation sites (N-methyl/N-ethyl adjacent to an activating group) is 1. The highest BCUT2D eigenvalue weighted by Crippen LogP contribution is 2.37. The summed E-state index contributed by atoms with van der Waals surface area (Å²) in [5.74, 6) is -2.18. The molecule has 9 heteroatoms. The molecule has 0 unspecified atom stereocenters. The molecule has 2 atom stereocenters. The number of phenols is 1. The molecule has 0 saturated heterocycles. The number of halogens is 1. The van der Waals surface area contributed by atoms with E-state index in [1.807, 2.05) is 6.92 Å². The van der Waals surface area contributed by atoms with E-state index < -0.39 is 24.0 Å². The Kier molecular flexibility index (Phi) is 6.19. The topological polar surface area (TPSA) is 119 Å². The smallest absolute Gasteiger partial charge is 0.310 e. The lowest BCUT2D eigenvalue weighted by molar-refractivity contribution is -0.140. The molecule has 4 N–H and O–H groups in total. The largest absolute Gasteiger partial charge is 0.508 e. The van der Waals surface area contributed by atoms with Crippen molar-refractivity contribution in [3.8, 4) is 5.75 Å². The summed E-state index contributed by atoms with van der Waals surface area (Å²) in [6, 6.07) is 10.2. The first-order valence-electron chi connectivity index (χ1n) is 8.98. The number of benzene rings is 2. The second-order valence-corrected chi connectivity index (χ2v) is 7.43. The summed E-state index contributed by atoms with van der Waals surface area (Å²) in [7, 11) is 0. The number of aliphatic hydroxyl groups is 1. The predicted molar refractivity (Wildman–Crippen MR) is 109 cm³/mol. The zero-order valence-electron chi connectivity index (χ0n) is 15.6. The molecule has 2 aromatic rings. The maximum absolute atomic E-state index is 12.6. The number of nitrogens with one attached hydrogen (secondary N) is 2. The number of nitrogens with zero attached hydrogens (tertiary/aromatic N) is 1. The van der Waals surface area contributed by atoms with E-state index in [4.69, 9.17) is 0 Å². The Balaban J connectivity index is 1.64. The molecule has 29 heavy (non-hydrogen) atoms. The van der Waals surface area contributed by atoms with Gasteiger partial charge in [-0.1, -0.05) is 28.1 Å². The molecule has 2 aromatic carbocycles. The highest BCUT2D eigenvalue weighted by molar-refractivity contribution is 9.10. The molecule has 0 saturated carbocycles. The van der Waals surface area contributed by atoms with Gasteiger partial charge in [0.2, 0.25) is 0 Å². The summed E-state index contributed by atoms with van der Waals surface area (Å²) in [6.45, 7) is 2.06. The minimum absolute atomic E-state index is 0.0543. The second-order valence-electron chi connectivity index (χ2n) is 6.51. The summed E-state index contributed by atoms with van der Waals surface area (Å²) in [6.07, 6.45) is -1.05. The first kappa shape index (κ1) is 20.8. The quantitative estimate of drug-likeness (QED) is 0.503. The van der Waals surface area contributed by atoms with Crippen LogP contribution in [0.1, 0.15) is 30.2 Å². The fraction of sp³-hybridized carbons (Fsp3) is 0.250. The number of hydrogen-bond acceptors (Lipinski definition) is 5. The number of carbonyl (C=O) groups is 3. The second kappa shape index (κ2) is 8.62. The molecule has 0 aliphatic carbocycles. The zero-order valence-corrected chi connectivity index (χ0v) is 17.1. The van der Waals surface area contributed by atoms with Crippen LogP contribution in [-0.2, 0) is 14.4 Å². The SMILES string of the molecule is CCN1C(=O)[C@@H](NC(=O)C(=O)NC[C@H](O)c2ccc(O)cc2)c2cc(Br)ccc21. The number of phenolic OH excluding ortho intramolecular Hbond substituents is 1. The van der Waals surface area contributed by atoms with Gasteiger partial charge in [-0.25, -0.2) is 0 Å². The maximum atomic E-state index is 12.6. The molecule has 3 rings (SSSR count). The van der Waals surface area contributed by atoms with Crippen molar-refractivity contribution in [1.29, 1.82) is 0 Å². The first-order valence-corrected chi connectivity index (χ1v) is 9.77. The molecular weight excluding hydrogens is 442 g/mol. The average Bonchev–Trinajstić information content (AvgIpc) is 2.96. The summed E-state index contributed by atoms with van der Waals surface area (Å²) >= 11 is 3.35. The van der Waals surface area contributed by atoms with Gasteiger partial charge in [0.25, 0.3) is 5.91 Å². The van der Waals surface area contributed by atoms with E-state index >= 15 is 0 Å². The van der Waals surface area contributed by atoms with Crippen molar-refractivity contribution < 1.29 is 24.6 Å². The van der Waals surface area contributed by atoms with Crippen molar-refractivity contribution in [2.45, 2.75) is 19.1 Å². The molecule has 0 bridgehead atoms. The Hall–Kier alpha value is -2.91. The van der Waals surface area contributed by atoms with Crippen LogP contribution >= 0.6 is 15.9 Å². The van der Waals surface area contributed by atoms with Crippen molar-refractivity contribution in [3.63, 3.8) is 0 Å². The van der Waals surface area contributed by atoms with Crippen molar-refractivity contribution in [2.24, 2.45) is 0 Å². The van der Waals surface area contributed by atoms with Gasteiger partial charge in [0.15, 0.2) is 0 Å². The highest BCUT2D eigenvalue weighted by Gasteiger charge is 2.38. The lowest BCUT2D eigenvalue weighted by Crippen LogP contribution is -2.45. The van der Waals surface area contributed by atoms with Gasteiger partial charge in [0, 0.05) is 28.8 Å². The fourth-order valence-corrected chi connectivity index (χ4v) is 3.54. The van der Waals surface area contributed by atoms with Crippen LogP contribution in [0.5, 0.6) is 5.75 Å². The molecule has 0 spiro atoms. The number of aliphatic hydroxyl groups excluding tert-OH is 1. The van der Waals surface area contributed by atoms with Gasteiger partial charge in [0.05, 0.1) is 6.10 Å². The molecule has 3 amide bonds. The Bertz CT molecular complexity index is 948. The van der Waals surface area contributed by atoms with Crippen molar-refractivity contribution in [1.82, 2.24) is 10.6 Å². The van der Waals surface area contributed by atoms with E-state index in [0.29, 0.717) is 23.4 Å². The summed E-state index contributed by atoms with van der Waals surface area (Å²) in [5.41, 5.74) is 1.78. The van der Waals surface area contributed by atoms with Crippen molar-refractivity contribution >= 4 is 39.3 Å². The number of aromatic hydroxyl groups is 1. The highest BCUT2D eigenvalue weighted by atomic mass is 79.9. The maximum Gasteiger partial charge on any atom is 0.310 e. The fourth-order valence-electron chi connectivity index (χ4n) is 3.16. The van der Waals surface area contributed by atoms with E-state index in [2.05, 4.69) is 26.6 Å². The van der Waals surface area contributed by atoms with E-state index in [9.17, 15) is 24.6 Å². The number of carbonyl (C=O) groups excluding carboxylic acids is 3. The van der Waals surface area contributed by atoms with Crippen molar-refractivity contribution in [3.05, 3.63) is 58.1 Å². The summed E-state index contributed by atoms with van der Waals surface area (Å²) in [4.78, 5) is 38.6. The Morgan fingerprint density at radius 1 is 1.17 bits per heavy atom. The Labute approximate surface area is 175 Å². The minimum atomic E-state index is -1.05. The molecular formula is C20H20BrN3O5. The normalized spacial score (nSPS) is 16.3. The van der Waals surface area contributed by atoms with Gasteiger partial charge in [0.1, 0.15) is 11.8 Å². The van der Waals surface area contributed by atoms with Gasteiger partial charge >= 0.3 is 11.8 Å². The third-order valence-corrected chi connectivity index (χ3v) is 5.13. The van der Waals surface area contributed by atoms with E-state index in [0.717, 1.165) is 4.47 Å². The number of anilines is 1. The van der Waals surface area contributed by atoms with Gasteiger partial charge < -0.3 is 25.7 Å². The van der Waals surface area contributed by atoms with Crippen LogP contribution in [0.25, 0.3) is 0 Å². The van der Waals surface area contributed by atoms with Crippen LogP contribution in [-0.4, -0.2) is 41.0 Å². The molecule has 8 nitrogen and oxygen atoms in total. The van der Waals surface area contributed by atoms with Gasteiger partial charge in [-0.2, -0.15) is 0 Å². The lowest BCUT2D eigenvalue weighted by atomic mass is 10.1. The lowest BCUT2D eigenvalue weighted by Gasteiger charge is -2.16. The van der Waals surface area contributed by atoms with Crippen LogP contribution in [0, 0.1) is 0 Å². The number of amides is 3. The van der Waals surface area contributed by atoms with E-state index in [1.54, 1.807) is 23.1 Å². The predicted octanol–water partition coefficient (Wildman–Crippen LogP) is 1.53. The molecule has 152 valence electrons. The third kappa shape index (κ3) is 4.41. The first-order chi connectivity index (χ1) is 13.8. The molecule has 0 radical (unpaired) electrons. The summed E-state index contributed by atoms with van der Waals surface area (Å²) < 4.78 is 0.753. The molecule has 1 aliphatic rings. The minimum Gasteiger partial charge on any atom is -0.508 e. The van der Waals surface area contributed by atoms with Gasteiger partial charge in [-0.3, -0.25) is 14.4 Å². The Morgan fingerprint density at radius 2 is 1.86 bits per heavy atom. The third-order valence-electron chi connectivity index (χ3n) is 4.64. The standard InChI is InChI=1S/C20H20BrN3O5/c1-2-24-15-8-5-12(21)9-14(15)17(20(24)29)23-19(28)18(27)22-10-16(26)11-3-6-13(25)7-4-11/h3-9,16-17,25-26H,2,10H2,1H3,(H,22,27)(H,23,28)/t16-,17-/m0/s1. The molecule has 1 heterocycles. The van der Waals surface area contributed by atoms with Gasteiger partial charge in [-0.05, 0) is 42.8 Å². The van der Waals surface area contributed by atoms with Crippen LogP contribution in [0.15, 0.2) is 46.9 Å². The van der Waals surface area contributed by atoms with Crippen LogP contribution in [0.4, 0.5) is 5.69 Å². The molecule has 1 aliphatic heterocycles. The van der Waals surface area contributed by atoms with Crippen molar-refractivity contribution in [2.75, 3.05) is 18.0 Å². The van der Waals surface area contributed by atoms with E-state index in [-0.39, 0.29) is 18.2 Å². The monoisotopic (exact) mass is 461 g/mol. The van der Waals surface area contributed by atoms with Crippen LogP contribution in [0.3, 0.4) is 0 Å². The van der Waals surface area contributed by atoms with Crippen LogP contribution < -0.4 is 15.5 Å². The van der Waals surface area contributed by atoms with Gasteiger partial charge in [-0.15, -0.1) is 0 Å². The number of hydrogen-bond donors (Lipinski definition) is 4. The van der Waals surface area contributed by atoms with E-state index in [1.165, 1.54) is 24.3 Å². The zero-order chi connectivity index (χ0) is 21.1. The number of fused-ring (bicyclic) bond motifs is 1. The number of rotatable bonds is 5. The summed E-state index contributed by atoms with van der Waals surface area (Å²) in [5, 5.41) is 24.2. The van der Waals surface area contributed by atoms with Crippen LogP contribution in [0.2, 0.25) is 0 Å². The Morgan fingerprint density at radius 3 is 2.52 bits per heavy atom. The molecule has 0 fully saturated rings.